The lowest BCUT2D eigenvalue weighted by atomic mass is 9.98. The minimum absolute atomic E-state index is 0.138. The number of rotatable bonds is 9. The lowest BCUT2D eigenvalue weighted by Gasteiger charge is -2.43. The fourth-order valence-corrected chi connectivity index (χ4v) is 3.64. The Kier molecular flexibility index (Phi) is 10.8. The number of halogens is 2. The summed E-state index contributed by atoms with van der Waals surface area (Å²) in [6.45, 7) is 3.22. The maximum absolute atomic E-state index is 12.5. The van der Waals surface area contributed by atoms with E-state index < -0.39 is 73.8 Å². The Morgan fingerprint density at radius 2 is 1.39 bits per heavy atom. The lowest BCUT2D eigenvalue weighted by molar-refractivity contribution is -0.301. The highest BCUT2D eigenvalue weighted by Gasteiger charge is 2.53. The van der Waals surface area contributed by atoms with Crippen LogP contribution in [0.2, 0.25) is 10.0 Å². The molecule has 1 aromatic carbocycles. The van der Waals surface area contributed by atoms with E-state index in [0.29, 0.717) is 5.02 Å². The van der Waals surface area contributed by atoms with Crippen LogP contribution in [0, 0.1) is 0 Å². The van der Waals surface area contributed by atoms with Gasteiger partial charge in [-0.25, -0.2) is 4.79 Å². The molecule has 2 rings (SSSR count). The van der Waals surface area contributed by atoms with Crippen molar-refractivity contribution >= 4 is 53.0 Å². The SMILES string of the molecule is CC(=O)OC[C@H]1O[C@@H](OC(=O)COc2ccc(Cl)cc2Cl)[C@H](OC(C)=O)[C@@H](OC(C)=O)[C@H]1OC(C)=O. The van der Waals surface area contributed by atoms with Gasteiger partial charge in [0.05, 0.1) is 5.02 Å². The van der Waals surface area contributed by atoms with Gasteiger partial charge in [0, 0.05) is 32.7 Å². The van der Waals surface area contributed by atoms with Crippen LogP contribution in [-0.4, -0.2) is 73.8 Å². The molecular weight excluding hydrogens is 527 g/mol. The summed E-state index contributed by atoms with van der Waals surface area (Å²) in [4.78, 5) is 59.2. The molecule has 1 fully saturated rings. The first kappa shape index (κ1) is 29.1. The summed E-state index contributed by atoms with van der Waals surface area (Å²) in [7, 11) is 0. The molecule has 0 amide bonds. The maximum atomic E-state index is 12.5. The van der Waals surface area contributed by atoms with Gasteiger partial charge in [-0.05, 0) is 18.2 Å². The minimum atomic E-state index is -1.66. The summed E-state index contributed by atoms with van der Waals surface area (Å²) in [6.07, 6.45) is -7.34. The molecule has 198 valence electrons. The molecule has 0 unspecified atom stereocenters. The van der Waals surface area contributed by atoms with Gasteiger partial charge in [-0.1, -0.05) is 23.2 Å². The lowest BCUT2D eigenvalue weighted by Crippen LogP contribution is -2.63. The average molecular weight is 551 g/mol. The van der Waals surface area contributed by atoms with Crippen molar-refractivity contribution in [3.63, 3.8) is 0 Å². The minimum Gasteiger partial charge on any atom is -0.480 e. The first-order valence-electron chi connectivity index (χ1n) is 10.4. The molecule has 0 aliphatic carbocycles. The van der Waals surface area contributed by atoms with E-state index in [9.17, 15) is 24.0 Å². The van der Waals surface area contributed by atoms with Gasteiger partial charge < -0.3 is 33.2 Å². The van der Waals surface area contributed by atoms with Crippen LogP contribution in [0.4, 0.5) is 0 Å². The second-order valence-electron chi connectivity index (χ2n) is 7.42. The number of hydrogen-bond acceptors (Lipinski definition) is 12. The molecule has 0 spiro atoms. The Balaban J connectivity index is 2.29. The third-order valence-corrected chi connectivity index (χ3v) is 4.97. The summed E-state index contributed by atoms with van der Waals surface area (Å²) >= 11 is 11.8. The van der Waals surface area contributed by atoms with Crippen LogP contribution in [0.1, 0.15) is 27.7 Å². The van der Waals surface area contributed by atoms with Crippen molar-refractivity contribution in [2.75, 3.05) is 13.2 Å². The molecule has 0 N–H and O–H groups in total. The number of carbonyl (C=O) groups is 5. The van der Waals surface area contributed by atoms with Crippen LogP contribution in [0.25, 0.3) is 0 Å². The predicted octanol–water partition coefficient (Wildman–Crippen LogP) is 2.00. The van der Waals surface area contributed by atoms with Crippen LogP contribution in [0.3, 0.4) is 0 Å². The number of carbonyl (C=O) groups excluding carboxylic acids is 5. The quantitative estimate of drug-likeness (QED) is 0.326. The summed E-state index contributed by atoms with van der Waals surface area (Å²) in [5, 5.41) is 0.495. The van der Waals surface area contributed by atoms with Gasteiger partial charge in [0.2, 0.25) is 12.4 Å². The van der Waals surface area contributed by atoms with E-state index in [1.807, 2.05) is 0 Å². The Labute approximate surface area is 215 Å². The topological polar surface area (TPSA) is 150 Å². The zero-order valence-corrected chi connectivity index (χ0v) is 21.2. The molecule has 14 heteroatoms. The molecule has 1 saturated heterocycles. The van der Waals surface area contributed by atoms with E-state index in [-0.39, 0.29) is 10.8 Å². The fourth-order valence-electron chi connectivity index (χ4n) is 3.18. The highest BCUT2D eigenvalue weighted by atomic mass is 35.5. The van der Waals surface area contributed by atoms with Crippen molar-refractivity contribution in [1.29, 1.82) is 0 Å². The summed E-state index contributed by atoms with van der Waals surface area (Å²) in [6, 6.07) is 4.34. The maximum Gasteiger partial charge on any atom is 0.346 e. The van der Waals surface area contributed by atoms with Crippen molar-refractivity contribution in [1.82, 2.24) is 0 Å². The van der Waals surface area contributed by atoms with Crippen LogP contribution >= 0.6 is 23.2 Å². The van der Waals surface area contributed by atoms with Gasteiger partial charge in [0.15, 0.2) is 18.8 Å². The molecule has 1 aromatic rings. The van der Waals surface area contributed by atoms with E-state index >= 15 is 0 Å². The van der Waals surface area contributed by atoms with Crippen LogP contribution in [0.15, 0.2) is 18.2 Å². The van der Waals surface area contributed by atoms with E-state index in [1.165, 1.54) is 18.2 Å². The monoisotopic (exact) mass is 550 g/mol. The first-order chi connectivity index (χ1) is 16.9. The van der Waals surface area contributed by atoms with Crippen molar-refractivity contribution in [3.05, 3.63) is 28.2 Å². The average Bonchev–Trinajstić information content (AvgIpc) is 2.75. The number of esters is 5. The number of ether oxygens (including phenoxy) is 7. The van der Waals surface area contributed by atoms with Gasteiger partial charge >= 0.3 is 29.8 Å². The Morgan fingerprint density at radius 1 is 0.806 bits per heavy atom. The second-order valence-corrected chi connectivity index (χ2v) is 8.26. The summed E-state index contributed by atoms with van der Waals surface area (Å²) in [5.41, 5.74) is 0. The van der Waals surface area contributed by atoms with Gasteiger partial charge in [0.25, 0.3) is 0 Å². The molecule has 36 heavy (non-hydrogen) atoms. The van der Waals surface area contributed by atoms with Crippen LogP contribution < -0.4 is 4.74 Å². The molecular formula is C22H24Cl2O12. The van der Waals surface area contributed by atoms with Crippen molar-refractivity contribution in [2.45, 2.75) is 58.4 Å². The summed E-state index contributed by atoms with van der Waals surface area (Å²) < 4.78 is 36.9. The number of benzene rings is 1. The third kappa shape index (κ3) is 8.85. The Bertz CT molecular complexity index is 997. The molecule has 12 nitrogen and oxygen atoms in total. The molecule has 0 bridgehead atoms. The molecule has 0 aromatic heterocycles. The second kappa shape index (κ2) is 13.3. The largest absolute Gasteiger partial charge is 0.480 e. The standard InChI is InChI=1S/C22H24Cl2O12/c1-10(25)30-8-17-19(32-11(2)26)20(33-12(3)27)21(34-13(4)28)22(35-17)36-18(29)9-31-16-6-5-14(23)7-15(16)24/h5-7,17,19-22H,8-9H2,1-4H3/t17-,19+,20+,21-,22+/m1/s1. The van der Waals surface area contributed by atoms with Gasteiger partial charge in [-0.2, -0.15) is 0 Å². The molecule has 0 saturated carbocycles. The molecule has 5 atom stereocenters. The first-order valence-corrected chi connectivity index (χ1v) is 11.2. The van der Waals surface area contributed by atoms with E-state index in [0.717, 1.165) is 27.7 Å². The fraction of sp³-hybridized carbons (Fsp3) is 0.500. The zero-order valence-electron chi connectivity index (χ0n) is 19.7. The summed E-state index contributed by atoms with van der Waals surface area (Å²) in [5.74, 6) is -3.99. The third-order valence-electron chi connectivity index (χ3n) is 4.44. The van der Waals surface area contributed by atoms with E-state index in [2.05, 4.69) is 0 Å². The van der Waals surface area contributed by atoms with Gasteiger partial charge in [-0.15, -0.1) is 0 Å². The van der Waals surface area contributed by atoms with Crippen molar-refractivity contribution < 1.29 is 57.1 Å². The molecule has 1 aliphatic rings. The van der Waals surface area contributed by atoms with Crippen molar-refractivity contribution in [2.24, 2.45) is 0 Å². The number of hydrogen-bond donors (Lipinski definition) is 0. The Hall–Kier alpha value is -3.09. The van der Waals surface area contributed by atoms with E-state index in [1.54, 1.807) is 0 Å². The highest BCUT2D eigenvalue weighted by molar-refractivity contribution is 6.35. The molecule has 1 heterocycles. The predicted molar refractivity (Wildman–Crippen MR) is 120 cm³/mol. The van der Waals surface area contributed by atoms with Gasteiger partial charge in [-0.3, -0.25) is 19.2 Å². The van der Waals surface area contributed by atoms with Crippen LogP contribution in [-0.2, 0) is 52.4 Å². The molecule has 0 radical (unpaired) electrons. The Morgan fingerprint density at radius 3 is 1.94 bits per heavy atom. The molecule has 1 aliphatic heterocycles. The van der Waals surface area contributed by atoms with Gasteiger partial charge in [0.1, 0.15) is 18.5 Å². The van der Waals surface area contributed by atoms with E-state index in [4.69, 9.17) is 56.4 Å². The zero-order chi connectivity index (χ0) is 27.0. The normalized spacial score (nSPS) is 23.1. The van der Waals surface area contributed by atoms with Crippen molar-refractivity contribution in [3.8, 4) is 5.75 Å². The van der Waals surface area contributed by atoms with Crippen LogP contribution in [0.5, 0.6) is 5.75 Å². The highest BCUT2D eigenvalue weighted by Crippen LogP contribution is 2.31. The smallest absolute Gasteiger partial charge is 0.346 e.